The number of aliphatic hydroxyl groups is 1. The van der Waals surface area contributed by atoms with Gasteiger partial charge in [-0.3, -0.25) is 0 Å². The van der Waals surface area contributed by atoms with Crippen molar-refractivity contribution >= 4 is 0 Å². The Bertz CT molecular complexity index is 116. The summed E-state index contributed by atoms with van der Waals surface area (Å²) in [5, 5.41) is 8.33. The summed E-state index contributed by atoms with van der Waals surface area (Å²) in [5.74, 6) is 0. The second-order valence-corrected chi connectivity index (χ2v) is 1.83. The first-order valence-electron chi connectivity index (χ1n) is 3.51. The molecule has 10 heavy (non-hydrogen) atoms. The molecule has 0 spiro atoms. The Hall–Kier alpha value is -0.820. The van der Waals surface area contributed by atoms with Crippen molar-refractivity contribution in [3.05, 3.63) is 36.5 Å². The van der Waals surface area contributed by atoms with Gasteiger partial charge in [0, 0.05) is 0 Å². The summed E-state index contributed by atoms with van der Waals surface area (Å²) in [4.78, 5) is 0. The number of aliphatic hydroxyl groups excluding tert-OH is 1. The molecule has 0 radical (unpaired) electrons. The van der Waals surface area contributed by atoms with Crippen LogP contribution in [0.4, 0.5) is 0 Å². The third kappa shape index (κ3) is 7.18. The Kier molecular flexibility index (Phi) is 7.51. The maximum atomic E-state index is 8.33. The van der Waals surface area contributed by atoms with E-state index in [1.165, 1.54) is 0 Å². The van der Waals surface area contributed by atoms with E-state index in [0.29, 0.717) is 0 Å². The normalized spacial score (nSPS) is 12.6. The molecule has 0 aromatic heterocycles. The molecule has 0 aliphatic rings. The average molecular weight is 138 g/mol. The predicted molar refractivity (Wildman–Crippen MR) is 44.8 cm³/mol. The van der Waals surface area contributed by atoms with Gasteiger partial charge in [0.05, 0.1) is 6.61 Å². The third-order valence-corrected chi connectivity index (χ3v) is 0.947. The van der Waals surface area contributed by atoms with Crippen molar-refractivity contribution in [1.29, 1.82) is 0 Å². The van der Waals surface area contributed by atoms with Crippen molar-refractivity contribution in [3.63, 3.8) is 0 Å². The summed E-state index contributed by atoms with van der Waals surface area (Å²) >= 11 is 0. The van der Waals surface area contributed by atoms with Crippen LogP contribution in [0.15, 0.2) is 36.5 Å². The molecule has 0 aliphatic heterocycles. The first-order chi connectivity index (χ1) is 4.91. The van der Waals surface area contributed by atoms with Gasteiger partial charge in [-0.2, -0.15) is 0 Å². The lowest BCUT2D eigenvalue weighted by atomic mass is 10.3. The minimum absolute atomic E-state index is 0.113. The van der Waals surface area contributed by atoms with E-state index in [1.807, 2.05) is 24.3 Å². The van der Waals surface area contributed by atoms with Crippen molar-refractivity contribution < 1.29 is 5.11 Å². The summed E-state index contributed by atoms with van der Waals surface area (Å²) in [6.07, 6.45) is 12.5. The van der Waals surface area contributed by atoms with E-state index in [4.69, 9.17) is 5.11 Å². The van der Waals surface area contributed by atoms with Crippen molar-refractivity contribution in [2.75, 3.05) is 6.61 Å². The zero-order valence-electron chi connectivity index (χ0n) is 6.33. The molecule has 1 N–H and O–H groups in total. The lowest BCUT2D eigenvalue weighted by molar-refractivity contribution is 0.343. The predicted octanol–water partition coefficient (Wildman–Crippen LogP) is 2.06. The van der Waals surface area contributed by atoms with Gasteiger partial charge in [0.2, 0.25) is 0 Å². The highest BCUT2D eigenvalue weighted by atomic mass is 16.2. The number of hydrogen-bond acceptors (Lipinski definition) is 1. The van der Waals surface area contributed by atoms with Crippen LogP contribution in [-0.4, -0.2) is 11.7 Å². The topological polar surface area (TPSA) is 20.2 Å². The summed E-state index contributed by atoms with van der Waals surface area (Å²) < 4.78 is 0. The van der Waals surface area contributed by atoms with Crippen molar-refractivity contribution in [2.45, 2.75) is 13.3 Å². The molecule has 0 saturated heterocycles. The maximum absolute atomic E-state index is 8.33. The van der Waals surface area contributed by atoms with E-state index in [-0.39, 0.29) is 6.61 Å². The molecule has 0 amide bonds. The van der Waals surface area contributed by atoms with E-state index in [1.54, 1.807) is 6.08 Å². The SMILES string of the molecule is CCC=CC=CC=CCO. The average Bonchev–Trinajstić information content (AvgIpc) is 1.97. The van der Waals surface area contributed by atoms with Gasteiger partial charge in [0.1, 0.15) is 0 Å². The van der Waals surface area contributed by atoms with E-state index >= 15 is 0 Å². The minimum atomic E-state index is 0.113. The Morgan fingerprint density at radius 1 is 1.00 bits per heavy atom. The Labute approximate surface area is 62.4 Å². The summed E-state index contributed by atoms with van der Waals surface area (Å²) in [5.41, 5.74) is 0. The highest BCUT2D eigenvalue weighted by Gasteiger charge is 1.63. The molecule has 1 nitrogen and oxygen atoms in total. The molecule has 0 fully saturated rings. The van der Waals surface area contributed by atoms with E-state index in [0.717, 1.165) is 6.42 Å². The van der Waals surface area contributed by atoms with E-state index < -0.39 is 0 Å². The molecule has 1 heteroatoms. The highest BCUT2D eigenvalue weighted by Crippen LogP contribution is 1.82. The van der Waals surface area contributed by atoms with Gasteiger partial charge < -0.3 is 5.11 Å². The molecule has 0 unspecified atom stereocenters. The van der Waals surface area contributed by atoms with Gasteiger partial charge >= 0.3 is 0 Å². The number of rotatable bonds is 4. The van der Waals surface area contributed by atoms with Crippen molar-refractivity contribution in [1.82, 2.24) is 0 Å². The molecule has 56 valence electrons. The molecular weight excluding hydrogens is 124 g/mol. The van der Waals surface area contributed by atoms with Gasteiger partial charge in [-0.1, -0.05) is 43.4 Å². The third-order valence-electron chi connectivity index (χ3n) is 0.947. The van der Waals surface area contributed by atoms with Crippen LogP contribution in [0.3, 0.4) is 0 Å². The standard InChI is InChI=1S/C9H14O/c1-2-3-4-5-6-7-8-9-10/h3-8,10H,2,9H2,1H3. The van der Waals surface area contributed by atoms with Crippen molar-refractivity contribution in [3.8, 4) is 0 Å². The second-order valence-electron chi connectivity index (χ2n) is 1.83. The van der Waals surface area contributed by atoms with Gasteiger partial charge in [0.25, 0.3) is 0 Å². The molecule has 0 rings (SSSR count). The van der Waals surface area contributed by atoms with E-state index in [9.17, 15) is 0 Å². The fourth-order valence-corrected chi connectivity index (χ4v) is 0.482. The number of hydrogen-bond donors (Lipinski definition) is 1. The fraction of sp³-hybridized carbons (Fsp3) is 0.333. The van der Waals surface area contributed by atoms with Gasteiger partial charge in [-0.25, -0.2) is 0 Å². The molecule has 0 aromatic carbocycles. The van der Waals surface area contributed by atoms with Crippen molar-refractivity contribution in [2.24, 2.45) is 0 Å². The summed E-state index contributed by atoms with van der Waals surface area (Å²) in [7, 11) is 0. The largest absolute Gasteiger partial charge is 0.392 e. The van der Waals surface area contributed by atoms with Crippen LogP contribution in [0, 0.1) is 0 Å². The second kappa shape index (κ2) is 8.18. The molecule has 0 heterocycles. The summed E-state index contributed by atoms with van der Waals surface area (Å²) in [6, 6.07) is 0. The van der Waals surface area contributed by atoms with Crippen LogP contribution < -0.4 is 0 Å². The smallest absolute Gasteiger partial charge is 0.0615 e. The lowest BCUT2D eigenvalue weighted by Crippen LogP contribution is -1.67. The lowest BCUT2D eigenvalue weighted by Gasteiger charge is -1.75. The zero-order valence-corrected chi connectivity index (χ0v) is 6.33. The van der Waals surface area contributed by atoms with Crippen LogP contribution in [0.2, 0.25) is 0 Å². The van der Waals surface area contributed by atoms with Gasteiger partial charge in [0.15, 0.2) is 0 Å². The van der Waals surface area contributed by atoms with Crippen LogP contribution in [0.25, 0.3) is 0 Å². The van der Waals surface area contributed by atoms with Crippen LogP contribution in [0.1, 0.15) is 13.3 Å². The number of allylic oxidation sites excluding steroid dienone is 5. The van der Waals surface area contributed by atoms with Crippen LogP contribution >= 0.6 is 0 Å². The van der Waals surface area contributed by atoms with Gasteiger partial charge in [-0.15, -0.1) is 0 Å². The maximum Gasteiger partial charge on any atom is 0.0615 e. The minimum Gasteiger partial charge on any atom is -0.392 e. The Balaban J connectivity index is 3.37. The molecule has 0 aliphatic carbocycles. The molecular formula is C9H14O. The van der Waals surface area contributed by atoms with Crippen LogP contribution in [-0.2, 0) is 0 Å². The highest BCUT2D eigenvalue weighted by molar-refractivity contribution is 5.10. The molecule has 0 bridgehead atoms. The Morgan fingerprint density at radius 3 is 2.10 bits per heavy atom. The Morgan fingerprint density at radius 2 is 1.60 bits per heavy atom. The molecule has 0 saturated carbocycles. The first kappa shape index (κ1) is 9.18. The fourth-order valence-electron chi connectivity index (χ4n) is 0.482. The van der Waals surface area contributed by atoms with Crippen LogP contribution in [0.5, 0.6) is 0 Å². The van der Waals surface area contributed by atoms with E-state index in [2.05, 4.69) is 13.0 Å². The monoisotopic (exact) mass is 138 g/mol. The molecule has 0 atom stereocenters. The summed E-state index contributed by atoms with van der Waals surface area (Å²) in [6.45, 7) is 2.20. The first-order valence-corrected chi connectivity index (χ1v) is 3.51. The quantitative estimate of drug-likeness (QED) is 0.589. The van der Waals surface area contributed by atoms with Gasteiger partial charge in [-0.05, 0) is 6.42 Å². The molecule has 0 aromatic rings. The zero-order chi connectivity index (χ0) is 7.66.